The van der Waals surface area contributed by atoms with E-state index in [0.717, 1.165) is 11.4 Å². The number of aryl methyl sites for hydroxylation is 2. The van der Waals surface area contributed by atoms with Gasteiger partial charge in [0, 0.05) is 11.4 Å². The van der Waals surface area contributed by atoms with Crippen LogP contribution in [0, 0.1) is 13.8 Å². The van der Waals surface area contributed by atoms with E-state index in [1.807, 2.05) is 19.9 Å². The van der Waals surface area contributed by atoms with Crippen molar-refractivity contribution in [3.05, 3.63) is 46.7 Å². The summed E-state index contributed by atoms with van der Waals surface area (Å²) in [4.78, 5) is 12.7. The number of benzene rings is 1. The molecular formula is C14H13ClN4O2S2. The van der Waals surface area contributed by atoms with Gasteiger partial charge in [-0.1, -0.05) is 35.5 Å². The van der Waals surface area contributed by atoms with Crippen molar-refractivity contribution in [1.82, 2.24) is 14.3 Å². The molecule has 0 radical (unpaired) electrons. The molecule has 0 bridgehead atoms. The molecule has 9 heteroatoms. The van der Waals surface area contributed by atoms with Crippen molar-refractivity contribution in [3.63, 3.8) is 0 Å². The maximum absolute atomic E-state index is 12.7. The first-order valence-electron chi connectivity index (χ1n) is 6.69. The van der Waals surface area contributed by atoms with E-state index in [0.29, 0.717) is 5.17 Å². The molecule has 0 amide bonds. The van der Waals surface area contributed by atoms with E-state index in [-0.39, 0.29) is 21.7 Å². The van der Waals surface area contributed by atoms with Gasteiger partial charge in [0.2, 0.25) is 0 Å². The molecule has 2 heterocycles. The zero-order valence-corrected chi connectivity index (χ0v) is 14.8. The molecular weight excluding hydrogens is 356 g/mol. The van der Waals surface area contributed by atoms with Gasteiger partial charge in [-0.3, -0.25) is 0 Å². The number of rotatable bonds is 3. The average Bonchev–Trinajstić information content (AvgIpc) is 2.42. The molecule has 0 unspecified atom stereocenters. The van der Waals surface area contributed by atoms with Gasteiger partial charge in [0.15, 0.2) is 5.17 Å². The molecule has 0 spiro atoms. The van der Waals surface area contributed by atoms with Crippen molar-refractivity contribution in [2.45, 2.75) is 18.7 Å². The largest absolute Gasteiger partial charge is 0.268 e. The molecule has 1 saturated heterocycles. The second-order valence-corrected chi connectivity index (χ2v) is 8.05. The Hall–Kier alpha value is -1.64. The van der Waals surface area contributed by atoms with Crippen LogP contribution < -0.4 is 0 Å². The summed E-state index contributed by atoms with van der Waals surface area (Å²) >= 11 is 7.33. The van der Waals surface area contributed by atoms with Crippen LogP contribution in [-0.4, -0.2) is 33.7 Å². The molecule has 3 rings (SSSR count). The van der Waals surface area contributed by atoms with Crippen molar-refractivity contribution in [2.75, 3.05) is 5.88 Å². The van der Waals surface area contributed by atoms with Crippen LogP contribution in [0.1, 0.15) is 11.4 Å². The third-order valence-corrected chi connectivity index (χ3v) is 6.57. The fourth-order valence-electron chi connectivity index (χ4n) is 2.05. The van der Waals surface area contributed by atoms with Crippen LogP contribution in [0.25, 0.3) is 0 Å². The SMILES string of the molecule is Cc1cc(C)nc(/N=C2\SCN2S(=O)(=O)c2ccccc2Cl)n1. The van der Waals surface area contributed by atoms with Crippen LogP contribution in [0.2, 0.25) is 5.02 Å². The smallest absolute Gasteiger partial charge is 0.233 e. The summed E-state index contributed by atoms with van der Waals surface area (Å²) in [5.74, 6) is 0.543. The first-order chi connectivity index (χ1) is 10.9. The Balaban J connectivity index is 1.96. The summed E-state index contributed by atoms with van der Waals surface area (Å²) in [6, 6.07) is 8.17. The number of aliphatic imine (C=N–C) groups is 1. The van der Waals surface area contributed by atoms with E-state index in [4.69, 9.17) is 11.6 Å². The Kier molecular flexibility index (Phi) is 4.31. The molecule has 1 aromatic heterocycles. The number of amidine groups is 1. The summed E-state index contributed by atoms with van der Waals surface area (Å²) in [6.07, 6.45) is 0. The second kappa shape index (κ2) is 6.10. The molecule has 23 heavy (non-hydrogen) atoms. The normalized spacial score (nSPS) is 16.5. The van der Waals surface area contributed by atoms with Gasteiger partial charge in [-0.25, -0.2) is 22.7 Å². The Morgan fingerprint density at radius 3 is 2.43 bits per heavy atom. The Bertz CT molecular complexity index is 879. The van der Waals surface area contributed by atoms with Crippen molar-refractivity contribution in [2.24, 2.45) is 4.99 Å². The Labute approximate surface area is 143 Å². The zero-order chi connectivity index (χ0) is 16.6. The van der Waals surface area contributed by atoms with Crippen LogP contribution >= 0.6 is 23.4 Å². The van der Waals surface area contributed by atoms with Crippen molar-refractivity contribution in [1.29, 1.82) is 0 Å². The molecule has 6 nitrogen and oxygen atoms in total. The molecule has 2 aromatic rings. The van der Waals surface area contributed by atoms with Gasteiger partial charge in [-0.15, -0.1) is 0 Å². The lowest BCUT2D eigenvalue weighted by Crippen LogP contribution is -2.43. The summed E-state index contributed by atoms with van der Waals surface area (Å²) in [6.45, 7) is 3.68. The summed E-state index contributed by atoms with van der Waals surface area (Å²) in [5, 5.41) is 0.529. The molecule has 0 saturated carbocycles. The third-order valence-electron chi connectivity index (χ3n) is 3.10. The molecule has 0 aliphatic carbocycles. The van der Waals surface area contributed by atoms with Gasteiger partial charge in [0.25, 0.3) is 16.0 Å². The minimum absolute atomic E-state index is 0.0657. The standard InChI is InChI=1S/C14H13ClN4O2S2/c1-9-7-10(2)17-13(16-9)18-14-19(8-22-14)23(20,21)12-6-4-3-5-11(12)15/h3-7H,8H2,1-2H3/b18-14-. The lowest BCUT2D eigenvalue weighted by atomic mass is 10.4. The molecule has 1 fully saturated rings. The van der Waals surface area contributed by atoms with E-state index >= 15 is 0 Å². The highest BCUT2D eigenvalue weighted by atomic mass is 35.5. The van der Waals surface area contributed by atoms with E-state index in [1.54, 1.807) is 18.2 Å². The van der Waals surface area contributed by atoms with Gasteiger partial charge >= 0.3 is 0 Å². The quantitative estimate of drug-likeness (QED) is 0.831. The number of sulfonamides is 1. The summed E-state index contributed by atoms with van der Waals surface area (Å²) in [5.41, 5.74) is 1.56. The number of nitrogens with zero attached hydrogens (tertiary/aromatic N) is 4. The lowest BCUT2D eigenvalue weighted by Gasteiger charge is -2.32. The molecule has 0 atom stereocenters. The monoisotopic (exact) mass is 368 g/mol. The average molecular weight is 369 g/mol. The number of thioether (sulfide) groups is 1. The minimum Gasteiger partial charge on any atom is -0.233 e. The number of hydrogen-bond donors (Lipinski definition) is 0. The summed E-state index contributed by atoms with van der Waals surface area (Å²) in [7, 11) is -3.73. The maximum atomic E-state index is 12.7. The van der Waals surface area contributed by atoms with E-state index in [1.165, 1.54) is 22.1 Å². The predicted octanol–water partition coefficient (Wildman–Crippen LogP) is 3.13. The fraction of sp³-hybridized carbons (Fsp3) is 0.214. The zero-order valence-electron chi connectivity index (χ0n) is 12.4. The highest BCUT2D eigenvalue weighted by molar-refractivity contribution is 8.17. The summed E-state index contributed by atoms with van der Waals surface area (Å²) < 4.78 is 26.6. The highest BCUT2D eigenvalue weighted by Crippen LogP contribution is 2.34. The number of hydrogen-bond acceptors (Lipinski definition) is 6. The molecule has 1 aromatic carbocycles. The van der Waals surface area contributed by atoms with Gasteiger partial charge in [0.1, 0.15) is 4.90 Å². The van der Waals surface area contributed by atoms with Gasteiger partial charge in [0.05, 0.1) is 10.9 Å². The van der Waals surface area contributed by atoms with E-state index in [9.17, 15) is 8.42 Å². The maximum Gasteiger partial charge on any atom is 0.268 e. The molecule has 1 aliphatic heterocycles. The highest BCUT2D eigenvalue weighted by Gasteiger charge is 2.36. The van der Waals surface area contributed by atoms with Crippen LogP contribution in [-0.2, 0) is 10.0 Å². The van der Waals surface area contributed by atoms with E-state index < -0.39 is 10.0 Å². The molecule has 1 aliphatic rings. The topological polar surface area (TPSA) is 75.5 Å². The Morgan fingerprint density at radius 1 is 1.22 bits per heavy atom. The lowest BCUT2D eigenvalue weighted by molar-refractivity contribution is 0.546. The van der Waals surface area contributed by atoms with E-state index in [2.05, 4.69) is 15.0 Å². The van der Waals surface area contributed by atoms with Crippen molar-refractivity contribution < 1.29 is 8.42 Å². The van der Waals surface area contributed by atoms with Gasteiger partial charge in [-0.05, 0) is 32.0 Å². The number of halogens is 1. The van der Waals surface area contributed by atoms with Crippen molar-refractivity contribution in [3.8, 4) is 0 Å². The third kappa shape index (κ3) is 3.19. The van der Waals surface area contributed by atoms with Gasteiger partial charge in [-0.2, -0.15) is 4.99 Å². The molecule has 0 N–H and O–H groups in total. The van der Waals surface area contributed by atoms with Crippen LogP contribution in [0.5, 0.6) is 0 Å². The first kappa shape index (κ1) is 16.2. The Morgan fingerprint density at radius 2 is 1.87 bits per heavy atom. The van der Waals surface area contributed by atoms with Crippen LogP contribution in [0.15, 0.2) is 40.2 Å². The minimum atomic E-state index is -3.73. The van der Waals surface area contributed by atoms with Crippen molar-refractivity contribution >= 4 is 44.5 Å². The first-order valence-corrected chi connectivity index (χ1v) is 9.49. The number of aromatic nitrogens is 2. The predicted molar refractivity (Wildman–Crippen MR) is 91.5 cm³/mol. The van der Waals surface area contributed by atoms with Gasteiger partial charge < -0.3 is 0 Å². The van der Waals surface area contributed by atoms with Crippen LogP contribution in [0.3, 0.4) is 0 Å². The molecule has 120 valence electrons. The second-order valence-electron chi connectivity index (χ2n) is 4.90. The van der Waals surface area contributed by atoms with Crippen LogP contribution in [0.4, 0.5) is 5.95 Å². The fourth-order valence-corrected chi connectivity index (χ4v) is 5.19.